The number of halogens is 3. The lowest BCUT2D eigenvalue weighted by atomic mass is 9.90. The minimum absolute atomic E-state index is 0.176. The van der Waals surface area contributed by atoms with Crippen molar-refractivity contribution in [1.82, 2.24) is 19.8 Å². The number of carbonyl (C=O) groups is 2. The number of aromatic nitrogens is 2. The van der Waals surface area contributed by atoms with Crippen LogP contribution in [0.1, 0.15) is 32.3 Å². The Morgan fingerprint density at radius 2 is 1.97 bits per heavy atom. The fourth-order valence-electron chi connectivity index (χ4n) is 4.87. The molecule has 184 valence electrons. The van der Waals surface area contributed by atoms with E-state index in [0.717, 1.165) is 18.7 Å². The zero-order valence-corrected chi connectivity index (χ0v) is 19.3. The molecular formula is C23H28F3N5O3. The first-order chi connectivity index (χ1) is 16.1. The van der Waals surface area contributed by atoms with E-state index in [1.54, 1.807) is 4.90 Å². The third-order valence-corrected chi connectivity index (χ3v) is 6.76. The molecule has 11 heteroatoms. The topological polar surface area (TPSA) is 87.7 Å². The minimum Gasteiger partial charge on any atom is -0.469 e. The Morgan fingerprint density at radius 1 is 1.21 bits per heavy atom. The average Bonchev–Trinajstić information content (AvgIpc) is 3.17. The first kappa shape index (κ1) is 24.2. The van der Waals surface area contributed by atoms with E-state index in [1.165, 1.54) is 19.5 Å². The molecule has 8 nitrogen and oxygen atoms in total. The van der Waals surface area contributed by atoms with Gasteiger partial charge in [0.1, 0.15) is 18.2 Å². The Balaban J connectivity index is 1.55. The number of ether oxygens (including phenoxy) is 1. The van der Waals surface area contributed by atoms with Gasteiger partial charge in [0.05, 0.1) is 24.1 Å². The van der Waals surface area contributed by atoms with E-state index < -0.39 is 23.7 Å². The maximum atomic E-state index is 13.3. The van der Waals surface area contributed by atoms with Crippen LogP contribution in [-0.4, -0.2) is 76.5 Å². The highest BCUT2D eigenvalue weighted by atomic mass is 19.4. The maximum Gasteiger partial charge on any atom is 0.416 e. The Morgan fingerprint density at radius 3 is 2.65 bits per heavy atom. The van der Waals surface area contributed by atoms with Crippen molar-refractivity contribution >= 4 is 28.6 Å². The molecule has 34 heavy (non-hydrogen) atoms. The second-order valence-electron chi connectivity index (χ2n) is 9.04. The van der Waals surface area contributed by atoms with Gasteiger partial charge in [-0.05, 0) is 44.9 Å². The van der Waals surface area contributed by atoms with Crippen LogP contribution in [-0.2, 0) is 20.5 Å². The number of hydrogen-bond acceptors (Lipinski definition) is 7. The molecule has 3 heterocycles. The van der Waals surface area contributed by atoms with Gasteiger partial charge in [-0.3, -0.25) is 14.5 Å². The van der Waals surface area contributed by atoms with Crippen LogP contribution in [0.15, 0.2) is 24.5 Å². The fourth-order valence-corrected chi connectivity index (χ4v) is 4.87. The van der Waals surface area contributed by atoms with E-state index in [1.807, 2.05) is 0 Å². The summed E-state index contributed by atoms with van der Waals surface area (Å²) >= 11 is 0. The summed E-state index contributed by atoms with van der Waals surface area (Å²) in [4.78, 5) is 37.9. The number of carbonyl (C=O) groups excluding carboxylic acids is 2. The number of piperidine rings is 1. The summed E-state index contributed by atoms with van der Waals surface area (Å²) in [5, 5.41) is 3.23. The summed E-state index contributed by atoms with van der Waals surface area (Å²) < 4.78 is 44.7. The van der Waals surface area contributed by atoms with Crippen LogP contribution in [0, 0.1) is 5.92 Å². The van der Waals surface area contributed by atoms with Crippen molar-refractivity contribution < 1.29 is 27.5 Å². The van der Waals surface area contributed by atoms with Gasteiger partial charge in [0.15, 0.2) is 0 Å². The third-order valence-electron chi connectivity index (χ3n) is 6.76. The monoisotopic (exact) mass is 479 g/mol. The lowest BCUT2D eigenvalue weighted by Crippen LogP contribution is -2.56. The van der Waals surface area contributed by atoms with Gasteiger partial charge in [0.25, 0.3) is 0 Å². The van der Waals surface area contributed by atoms with Crippen molar-refractivity contribution in [3.8, 4) is 0 Å². The van der Waals surface area contributed by atoms with Crippen LogP contribution in [0.2, 0.25) is 0 Å². The molecule has 1 amide bonds. The number of amides is 1. The van der Waals surface area contributed by atoms with E-state index in [-0.39, 0.29) is 35.2 Å². The van der Waals surface area contributed by atoms with Crippen molar-refractivity contribution in [2.45, 2.75) is 51.0 Å². The molecule has 2 aliphatic heterocycles. The average molecular weight is 480 g/mol. The van der Waals surface area contributed by atoms with Gasteiger partial charge in [-0.2, -0.15) is 13.2 Å². The lowest BCUT2D eigenvalue weighted by molar-refractivity contribution is -0.152. The number of benzene rings is 1. The van der Waals surface area contributed by atoms with Crippen molar-refractivity contribution in [1.29, 1.82) is 0 Å². The van der Waals surface area contributed by atoms with Crippen molar-refractivity contribution in [3.05, 3.63) is 30.1 Å². The van der Waals surface area contributed by atoms with Gasteiger partial charge in [-0.1, -0.05) is 0 Å². The Hall–Kier alpha value is -2.95. The summed E-state index contributed by atoms with van der Waals surface area (Å²) in [6.45, 7) is 5.83. The fraction of sp³-hybridized carbons (Fsp3) is 0.565. The molecular weight excluding hydrogens is 451 g/mol. The zero-order chi connectivity index (χ0) is 24.6. The van der Waals surface area contributed by atoms with Gasteiger partial charge in [-0.25, -0.2) is 9.97 Å². The highest BCUT2D eigenvalue weighted by molar-refractivity contribution is 5.93. The van der Waals surface area contributed by atoms with Crippen LogP contribution in [0.25, 0.3) is 10.9 Å². The standard InChI is InChI=1S/C23H28F3N5O3/c1-13(2)30-8-7-19(16(11-30)22(33)34-3)31-9-6-18(21(31)32)29-20-15-10-14(23(24,25)26)4-5-17(15)27-12-28-20/h4-5,10,12-13,16,18-19H,6-9,11H2,1-3H3,(H,27,28,29)/t16-,18?,19+/m1/s1. The number of fused-ring (bicyclic) bond motifs is 1. The molecule has 2 saturated heterocycles. The highest BCUT2D eigenvalue weighted by Gasteiger charge is 2.44. The van der Waals surface area contributed by atoms with Gasteiger partial charge >= 0.3 is 12.1 Å². The Bertz CT molecular complexity index is 1080. The molecule has 0 aliphatic carbocycles. The summed E-state index contributed by atoms with van der Waals surface area (Å²) in [6.07, 6.45) is -2.16. The van der Waals surface area contributed by atoms with Crippen LogP contribution < -0.4 is 5.32 Å². The SMILES string of the molecule is COC(=O)[C@@H]1CN(C(C)C)CC[C@@H]1N1CCC(Nc2ncnc3ccc(C(F)(F)F)cc23)C1=O. The summed E-state index contributed by atoms with van der Waals surface area (Å²) in [7, 11) is 1.35. The van der Waals surface area contributed by atoms with Crippen LogP contribution in [0.5, 0.6) is 0 Å². The molecule has 0 bridgehead atoms. The molecule has 0 spiro atoms. The predicted molar refractivity (Wildman–Crippen MR) is 119 cm³/mol. The number of anilines is 1. The van der Waals surface area contributed by atoms with Crippen LogP contribution in [0.3, 0.4) is 0 Å². The van der Waals surface area contributed by atoms with E-state index >= 15 is 0 Å². The maximum absolute atomic E-state index is 13.3. The smallest absolute Gasteiger partial charge is 0.416 e. The molecule has 1 unspecified atom stereocenters. The summed E-state index contributed by atoms with van der Waals surface area (Å²) in [6, 6.07) is 2.57. The summed E-state index contributed by atoms with van der Waals surface area (Å²) in [5.41, 5.74) is -0.463. The van der Waals surface area contributed by atoms with Crippen molar-refractivity contribution in [2.24, 2.45) is 5.92 Å². The van der Waals surface area contributed by atoms with Crippen LogP contribution >= 0.6 is 0 Å². The predicted octanol–water partition coefficient (Wildman–Crippen LogP) is 2.93. The number of likely N-dealkylation sites (tertiary alicyclic amines) is 2. The van der Waals surface area contributed by atoms with Crippen molar-refractivity contribution in [2.75, 3.05) is 32.1 Å². The van der Waals surface area contributed by atoms with Gasteiger partial charge < -0.3 is 15.0 Å². The zero-order valence-electron chi connectivity index (χ0n) is 19.3. The van der Waals surface area contributed by atoms with E-state index in [0.29, 0.717) is 31.4 Å². The molecule has 1 aromatic heterocycles. The first-order valence-corrected chi connectivity index (χ1v) is 11.3. The number of hydrogen-bond donors (Lipinski definition) is 1. The number of esters is 1. The quantitative estimate of drug-likeness (QED) is 0.660. The lowest BCUT2D eigenvalue weighted by Gasteiger charge is -2.42. The number of methoxy groups -OCH3 is 1. The third kappa shape index (κ3) is 4.66. The van der Waals surface area contributed by atoms with Gasteiger partial charge in [0.2, 0.25) is 5.91 Å². The number of nitrogens with zero attached hydrogens (tertiary/aromatic N) is 4. The largest absolute Gasteiger partial charge is 0.469 e. The van der Waals surface area contributed by atoms with E-state index in [4.69, 9.17) is 4.74 Å². The van der Waals surface area contributed by atoms with Crippen LogP contribution in [0.4, 0.5) is 19.0 Å². The van der Waals surface area contributed by atoms with Gasteiger partial charge in [-0.15, -0.1) is 0 Å². The molecule has 4 rings (SSSR count). The number of rotatable bonds is 5. The number of alkyl halides is 3. The Kier molecular flexibility index (Phi) is 6.66. The summed E-state index contributed by atoms with van der Waals surface area (Å²) in [5.74, 6) is -0.829. The molecule has 2 fully saturated rings. The molecule has 2 aromatic rings. The van der Waals surface area contributed by atoms with Gasteiger partial charge in [0, 0.05) is 37.1 Å². The first-order valence-electron chi connectivity index (χ1n) is 11.3. The number of nitrogens with one attached hydrogen (secondary N) is 1. The van der Waals surface area contributed by atoms with E-state index in [2.05, 4.69) is 34.0 Å². The second kappa shape index (κ2) is 9.36. The van der Waals surface area contributed by atoms with E-state index in [9.17, 15) is 22.8 Å². The molecule has 0 radical (unpaired) electrons. The van der Waals surface area contributed by atoms with Crippen molar-refractivity contribution in [3.63, 3.8) is 0 Å². The Labute approximate surface area is 195 Å². The molecule has 1 N–H and O–H groups in total. The molecule has 0 saturated carbocycles. The highest BCUT2D eigenvalue weighted by Crippen LogP contribution is 2.34. The molecule has 3 atom stereocenters. The normalized spacial score (nSPS) is 24.1. The molecule has 1 aromatic carbocycles. The second-order valence-corrected chi connectivity index (χ2v) is 9.04. The molecule has 2 aliphatic rings. The minimum atomic E-state index is -4.50.